The molecular weight excluding hydrogens is 170 g/mol. The van der Waals surface area contributed by atoms with E-state index in [1.165, 1.54) is 13.1 Å². The van der Waals surface area contributed by atoms with Crippen molar-refractivity contribution in [3.05, 3.63) is 30.1 Å². The average molecular weight is 179 g/mol. The Bertz CT molecular complexity index is 310. The van der Waals surface area contributed by atoms with E-state index in [-0.39, 0.29) is 11.6 Å². The maximum Gasteiger partial charge on any atom is 0.288 e. The number of hydrogen-bond acceptors (Lipinski definition) is 3. The van der Waals surface area contributed by atoms with Crippen LogP contribution in [0, 0.1) is 0 Å². The van der Waals surface area contributed by atoms with Crippen LogP contribution >= 0.6 is 0 Å². The summed E-state index contributed by atoms with van der Waals surface area (Å²) in [5, 5.41) is 0. The van der Waals surface area contributed by atoms with E-state index in [1.807, 2.05) is 0 Å². The van der Waals surface area contributed by atoms with Crippen molar-refractivity contribution in [2.75, 3.05) is 0 Å². The highest BCUT2D eigenvalue weighted by Gasteiger charge is 2.04. The first-order chi connectivity index (χ1) is 6.20. The van der Waals surface area contributed by atoms with Gasteiger partial charge in [0.15, 0.2) is 0 Å². The number of aromatic nitrogens is 1. The highest BCUT2D eigenvalue weighted by Crippen LogP contribution is 1.91. The van der Waals surface area contributed by atoms with Crippen LogP contribution in [-0.4, -0.2) is 16.8 Å². The molecule has 5 nitrogen and oxygen atoms in total. The van der Waals surface area contributed by atoms with Gasteiger partial charge >= 0.3 is 0 Å². The second-order valence-electron chi connectivity index (χ2n) is 2.35. The number of rotatable bonds is 1. The molecular formula is C8H9N3O2. The Balaban J connectivity index is 2.54. The fraction of sp³-hybridized carbons (Fsp3) is 0.125. The number of hydrogen-bond donors (Lipinski definition) is 2. The Morgan fingerprint density at radius 3 is 2.62 bits per heavy atom. The molecule has 2 amide bonds. The van der Waals surface area contributed by atoms with Crippen LogP contribution in [0.1, 0.15) is 17.4 Å². The van der Waals surface area contributed by atoms with Gasteiger partial charge in [0.05, 0.1) is 0 Å². The van der Waals surface area contributed by atoms with Crippen molar-refractivity contribution < 1.29 is 9.59 Å². The first kappa shape index (κ1) is 9.18. The second kappa shape index (κ2) is 4.20. The molecule has 0 unspecified atom stereocenters. The van der Waals surface area contributed by atoms with Crippen LogP contribution in [0.2, 0.25) is 0 Å². The van der Waals surface area contributed by atoms with E-state index in [1.54, 1.807) is 18.2 Å². The van der Waals surface area contributed by atoms with Gasteiger partial charge in [-0.05, 0) is 12.1 Å². The van der Waals surface area contributed by atoms with Crippen molar-refractivity contribution in [2.45, 2.75) is 6.92 Å². The van der Waals surface area contributed by atoms with E-state index in [4.69, 9.17) is 0 Å². The topological polar surface area (TPSA) is 71.1 Å². The summed E-state index contributed by atoms with van der Waals surface area (Å²) in [7, 11) is 0. The van der Waals surface area contributed by atoms with Crippen molar-refractivity contribution in [2.24, 2.45) is 0 Å². The zero-order chi connectivity index (χ0) is 9.68. The number of carbonyl (C=O) groups excluding carboxylic acids is 2. The number of nitrogens with zero attached hydrogens (tertiary/aromatic N) is 1. The normalized spacial score (nSPS) is 9.00. The van der Waals surface area contributed by atoms with Gasteiger partial charge in [-0.1, -0.05) is 6.07 Å². The van der Waals surface area contributed by atoms with Gasteiger partial charge in [0.1, 0.15) is 5.69 Å². The fourth-order valence-corrected chi connectivity index (χ4v) is 0.706. The highest BCUT2D eigenvalue weighted by molar-refractivity contribution is 5.93. The minimum absolute atomic E-state index is 0.260. The molecule has 0 radical (unpaired) electrons. The molecule has 2 N–H and O–H groups in total. The molecule has 1 aromatic heterocycles. The van der Waals surface area contributed by atoms with Crippen molar-refractivity contribution in [1.29, 1.82) is 0 Å². The van der Waals surface area contributed by atoms with Gasteiger partial charge in [-0.3, -0.25) is 25.4 Å². The summed E-state index contributed by atoms with van der Waals surface area (Å²) in [5.74, 6) is -0.764. The molecule has 0 spiro atoms. The Kier molecular flexibility index (Phi) is 2.97. The molecule has 0 fully saturated rings. The number of pyridine rings is 1. The Morgan fingerprint density at radius 2 is 2.08 bits per heavy atom. The van der Waals surface area contributed by atoms with Crippen LogP contribution in [-0.2, 0) is 4.79 Å². The molecule has 13 heavy (non-hydrogen) atoms. The van der Waals surface area contributed by atoms with E-state index in [9.17, 15) is 9.59 Å². The van der Waals surface area contributed by atoms with Gasteiger partial charge in [-0.2, -0.15) is 0 Å². The zero-order valence-electron chi connectivity index (χ0n) is 7.07. The van der Waals surface area contributed by atoms with Crippen molar-refractivity contribution in [3.8, 4) is 0 Å². The molecule has 1 aromatic rings. The maximum atomic E-state index is 11.2. The predicted molar refractivity (Wildman–Crippen MR) is 45.5 cm³/mol. The van der Waals surface area contributed by atoms with Crippen LogP contribution < -0.4 is 10.9 Å². The minimum atomic E-state index is -0.434. The van der Waals surface area contributed by atoms with Crippen LogP contribution in [0.25, 0.3) is 0 Å². The molecule has 0 bridgehead atoms. The Morgan fingerprint density at radius 1 is 1.31 bits per heavy atom. The van der Waals surface area contributed by atoms with Gasteiger partial charge < -0.3 is 0 Å². The molecule has 0 aliphatic carbocycles. The number of amides is 2. The van der Waals surface area contributed by atoms with Gasteiger partial charge in [-0.25, -0.2) is 0 Å². The monoisotopic (exact) mass is 179 g/mol. The minimum Gasteiger partial charge on any atom is -0.274 e. The van der Waals surface area contributed by atoms with E-state index >= 15 is 0 Å². The lowest BCUT2D eigenvalue weighted by molar-refractivity contribution is -0.119. The molecule has 5 heteroatoms. The van der Waals surface area contributed by atoms with E-state index < -0.39 is 5.91 Å². The lowest BCUT2D eigenvalue weighted by atomic mass is 10.3. The fourth-order valence-electron chi connectivity index (χ4n) is 0.706. The summed E-state index contributed by atoms with van der Waals surface area (Å²) in [6.45, 7) is 1.30. The van der Waals surface area contributed by atoms with Gasteiger partial charge in [0, 0.05) is 13.1 Å². The first-order valence-electron chi connectivity index (χ1n) is 3.68. The highest BCUT2D eigenvalue weighted by atomic mass is 16.2. The molecule has 68 valence electrons. The molecule has 0 aliphatic heterocycles. The van der Waals surface area contributed by atoms with Crippen molar-refractivity contribution in [1.82, 2.24) is 15.8 Å². The van der Waals surface area contributed by atoms with E-state index in [0.717, 1.165) is 0 Å². The largest absolute Gasteiger partial charge is 0.288 e. The van der Waals surface area contributed by atoms with Crippen molar-refractivity contribution in [3.63, 3.8) is 0 Å². The summed E-state index contributed by atoms with van der Waals surface area (Å²) in [4.78, 5) is 25.4. The third-order valence-corrected chi connectivity index (χ3v) is 1.25. The third-order valence-electron chi connectivity index (χ3n) is 1.25. The third kappa shape index (κ3) is 2.90. The number of carbonyl (C=O) groups is 2. The van der Waals surface area contributed by atoms with E-state index in [2.05, 4.69) is 15.8 Å². The summed E-state index contributed by atoms with van der Waals surface area (Å²) in [6, 6.07) is 4.95. The number of nitrogens with one attached hydrogen (secondary N) is 2. The SMILES string of the molecule is CC(=O)NNC(=O)c1ccccn1. The molecule has 0 saturated carbocycles. The first-order valence-corrected chi connectivity index (χ1v) is 3.68. The molecule has 1 heterocycles. The summed E-state index contributed by atoms with van der Waals surface area (Å²) in [6.07, 6.45) is 1.50. The molecule has 0 saturated heterocycles. The lowest BCUT2D eigenvalue weighted by Crippen LogP contribution is -2.40. The van der Waals surface area contributed by atoms with Crippen LogP contribution in [0.15, 0.2) is 24.4 Å². The standard InChI is InChI=1S/C8H9N3O2/c1-6(12)10-11-8(13)7-4-2-3-5-9-7/h2-5H,1H3,(H,10,12)(H,11,13). The second-order valence-corrected chi connectivity index (χ2v) is 2.35. The van der Waals surface area contributed by atoms with Crippen molar-refractivity contribution >= 4 is 11.8 Å². The number of hydrazine groups is 1. The molecule has 0 aliphatic rings. The smallest absolute Gasteiger partial charge is 0.274 e. The van der Waals surface area contributed by atoms with Crippen LogP contribution in [0.4, 0.5) is 0 Å². The summed E-state index contributed by atoms with van der Waals surface area (Å²) >= 11 is 0. The molecule has 0 atom stereocenters. The quantitative estimate of drug-likeness (QED) is 0.589. The molecule has 0 aromatic carbocycles. The van der Waals surface area contributed by atoms with E-state index in [0.29, 0.717) is 0 Å². The van der Waals surface area contributed by atoms with Crippen LogP contribution in [0.3, 0.4) is 0 Å². The summed E-state index contributed by atoms with van der Waals surface area (Å²) < 4.78 is 0. The molecule has 1 rings (SSSR count). The Labute approximate surface area is 75.1 Å². The predicted octanol–water partition coefficient (Wildman–Crippen LogP) is -0.138. The lowest BCUT2D eigenvalue weighted by Gasteiger charge is -2.02. The maximum absolute atomic E-state index is 11.2. The Hall–Kier alpha value is -1.91. The van der Waals surface area contributed by atoms with Gasteiger partial charge in [0.25, 0.3) is 5.91 Å². The van der Waals surface area contributed by atoms with Gasteiger partial charge in [0.2, 0.25) is 5.91 Å². The zero-order valence-corrected chi connectivity index (χ0v) is 7.07. The summed E-state index contributed by atoms with van der Waals surface area (Å²) in [5.41, 5.74) is 4.62. The van der Waals surface area contributed by atoms with Gasteiger partial charge in [-0.15, -0.1) is 0 Å². The van der Waals surface area contributed by atoms with Crippen LogP contribution in [0.5, 0.6) is 0 Å². The average Bonchev–Trinajstić information content (AvgIpc) is 2.15.